The van der Waals surface area contributed by atoms with Gasteiger partial charge in [0.15, 0.2) is 0 Å². The van der Waals surface area contributed by atoms with Gasteiger partial charge in [0.1, 0.15) is 0 Å². The maximum atomic E-state index is 2.37. The molecular formula is C23H22. The molecule has 114 valence electrons. The third kappa shape index (κ3) is 1.91. The van der Waals surface area contributed by atoms with E-state index in [-0.39, 0.29) is 5.41 Å². The summed E-state index contributed by atoms with van der Waals surface area (Å²) in [5.41, 5.74) is 11.3. The molecule has 4 rings (SSSR count). The first-order chi connectivity index (χ1) is 11.0. The van der Waals surface area contributed by atoms with Crippen LogP contribution in [0.15, 0.2) is 60.7 Å². The Morgan fingerprint density at radius 3 is 2.13 bits per heavy atom. The predicted octanol–water partition coefficient (Wildman–Crippen LogP) is 6.28. The molecule has 1 aliphatic carbocycles. The molecule has 0 radical (unpaired) electrons. The number of hydrogen-bond donors (Lipinski definition) is 0. The van der Waals surface area contributed by atoms with Crippen molar-refractivity contribution in [3.8, 4) is 22.3 Å². The van der Waals surface area contributed by atoms with Gasteiger partial charge >= 0.3 is 0 Å². The quantitative estimate of drug-likeness (QED) is 0.496. The van der Waals surface area contributed by atoms with Crippen LogP contribution >= 0.6 is 0 Å². The Kier molecular flexibility index (Phi) is 2.99. The van der Waals surface area contributed by atoms with Crippen LogP contribution in [0, 0.1) is 13.8 Å². The van der Waals surface area contributed by atoms with Crippen molar-refractivity contribution >= 4 is 0 Å². The van der Waals surface area contributed by atoms with Crippen molar-refractivity contribution in [3.63, 3.8) is 0 Å². The largest absolute Gasteiger partial charge is 0.0622 e. The van der Waals surface area contributed by atoms with Gasteiger partial charge < -0.3 is 0 Å². The number of hydrogen-bond acceptors (Lipinski definition) is 0. The Labute approximate surface area is 138 Å². The fraction of sp³-hybridized carbons (Fsp3) is 0.217. The van der Waals surface area contributed by atoms with E-state index in [1.165, 1.54) is 44.5 Å². The van der Waals surface area contributed by atoms with Gasteiger partial charge in [-0.05, 0) is 58.4 Å². The maximum absolute atomic E-state index is 2.37. The fourth-order valence-corrected chi connectivity index (χ4v) is 4.13. The second-order valence-electron chi connectivity index (χ2n) is 7.15. The van der Waals surface area contributed by atoms with Crippen LogP contribution in [0.25, 0.3) is 22.3 Å². The number of benzene rings is 3. The summed E-state index contributed by atoms with van der Waals surface area (Å²) in [5.74, 6) is 0. The minimum atomic E-state index is 0.0373. The highest BCUT2D eigenvalue weighted by Crippen LogP contribution is 2.53. The minimum absolute atomic E-state index is 0.0373. The molecule has 0 N–H and O–H groups in total. The lowest BCUT2D eigenvalue weighted by atomic mass is 9.77. The third-order valence-corrected chi connectivity index (χ3v) is 5.43. The van der Waals surface area contributed by atoms with Crippen molar-refractivity contribution in [2.45, 2.75) is 33.1 Å². The van der Waals surface area contributed by atoms with Gasteiger partial charge in [-0.3, -0.25) is 0 Å². The highest BCUT2D eigenvalue weighted by molar-refractivity contribution is 5.90. The summed E-state index contributed by atoms with van der Waals surface area (Å²) >= 11 is 0. The highest BCUT2D eigenvalue weighted by atomic mass is 14.4. The van der Waals surface area contributed by atoms with Crippen molar-refractivity contribution in [1.82, 2.24) is 0 Å². The van der Waals surface area contributed by atoms with Crippen LogP contribution in [0.2, 0.25) is 0 Å². The molecule has 23 heavy (non-hydrogen) atoms. The van der Waals surface area contributed by atoms with Gasteiger partial charge in [0, 0.05) is 5.41 Å². The molecule has 0 heteroatoms. The van der Waals surface area contributed by atoms with E-state index in [2.05, 4.69) is 88.4 Å². The summed E-state index contributed by atoms with van der Waals surface area (Å²) in [5, 5.41) is 0. The highest BCUT2D eigenvalue weighted by Gasteiger charge is 2.38. The Hall–Kier alpha value is -2.34. The van der Waals surface area contributed by atoms with E-state index in [4.69, 9.17) is 0 Å². The second kappa shape index (κ2) is 4.83. The van der Waals surface area contributed by atoms with E-state index in [0.717, 1.165) is 0 Å². The van der Waals surface area contributed by atoms with E-state index in [1.54, 1.807) is 0 Å². The lowest BCUT2D eigenvalue weighted by Gasteiger charge is -2.25. The Balaban J connectivity index is 2.14. The summed E-state index contributed by atoms with van der Waals surface area (Å²) in [4.78, 5) is 0. The van der Waals surface area contributed by atoms with Gasteiger partial charge in [-0.2, -0.15) is 0 Å². The second-order valence-corrected chi connectivity index (χ2v) is 7.15. The average Bonchev–Trinajstić information content (AvgIpc) is 2.80. The number of fused-ring (bicyclic) bond motifs is 3. The SMILES string of the molecule is Cc1cc(-c2ccccc2)c2c(c1C)-c1ccccc1C2(C)C. The normalized spacial score (nSPS) is 14.4. The molecule has 0 aliphatic heterocycles. The molecule has 0 heterocycles. The molecule has 0 saturated carbocycles. The van der Waals surface area contributed by atoms with Crippen molar-refractivity contribution in [2.75, 3.05) is 0 Å². The topological polar surface area (TPSA) is 0 Å². The van der Waals surface area contributed by atoms with E-state index in [1.807, 2.05) is 0 Å². The summed E-state index contributed by atoms with van der Waals surface area (Å²) in [6.45, 7) is 9.22. The zero-order valence-corrected chi connectivity index (χ0v) is 14.3. The Bertz CT molecular complexity index is 899. The molecule has 1 aliphatic rings. The lowest BCUT2D eigenvalue weighted by molar-refractivity contribution is 0.661. The molecular weight excluding hydrogens is 276 g/mol. The molecule has 0 aromatic heterocycles. The summed E-state index contributed by atoms with van der Waals surface area (Å²) in [6, 6.07) is 22.1. The molecule has 0 nitrogen and oxygen atoms in total. The monoisotopic (exact) mass is 298 g/mol. The predicted molar refractivity (Wildman–Crippen MR) is 98.9 cm³/mol. The molecule has 0 atom stereocenters. The van der Waals surface area contributed by atoms with Crippen LogP contribution in [0.5, 0.6) is 0 Å². The van der Waals surface area contributed by atoms with Crippen LogP contribution < -0.4 is 0 Å². The van der Waals surface area contributed by atoms with Crippen LogP contribution in [0.4, 0.5) is 0 Å². The van der Waals surface area contributed by atoms with Gasteiger partial charge in [0.05, 0.1) is 0 Å². The summed E-state index contributed by atoms with van der Waals surface area (Å²) in [7, 11) is 0. The van der Waals surface area contributed by atoms with Crippen molar-refractivity contribution in [1.29, 1.82) is 0 Å². The van der Waals surface area contributed by atoms with Gasteiger partial charge in [0.2, 0.25) is 0 Å². The Morgan fingerprint density at radius 2 is 1.39 bits per heavy atom. The van der Waals surface area contributed by atoms with E-state index < -0.39 is 0 Å². The minimum Gasteiger partial charge on any atom is -0.0622 e. The van der Waals surface area contributed by atoms with Crippen molar-refractivity contribution < 1.29 is 0 Å². The van der Waals surface area contributed by atoms with E-state index in [9.17, 15) is 0 Å². The molecule has 0 spiro atoms. The van der Waals surface area contributed by atoms with Crippen molar-refractivity contribution in [3.05, 3.63) is 82.9 Å². The molecule has 0 saturated heterocycles. The first-order valence-electron chi connectivity index (χ1n) is 8.32. The Morgan fingerprint density at radius 1 is 0.739 bits per heavy atom. The zero-order chi connectivity index (χ0) is 16.2. The molecule has 0 amide bonds. The maximum Gasteiger partial charge on any atom is 0.0165 e. The fourth-order valence-electron chi connectivity index (χ4n) is 4.13. The number of aryl methyl sites for hydroxylation is 1. The molecule has 0 unspecified atom stereocenters. The van der Waals surface area contributed by atoms with Crippen LogP contribution in [-0.2, 0) is 5.41 Å². The van der Waals surface area contributed by atoms with E-state index >= 15 is 0 Å². The average molecular weight is 298 g/mol. The summed E-state index contributed by atoms with van der Waals surface area (Å²) < 4.78 is 0. The lowest BCUT2D eigenvalue weighted by Crippen LogP contribution is -2.16. The molecule has 3 aromatic carbocycles. The van der Waals surface area contributed by atoms with Gasteiger partial charge in [-0.15, -0.1) is 0 Å². The standard InChI is InChI=1S/C23H22/c1-15-14-19(17-10-6-5-7-11-17)22-21(16(15)2)18-12-8-9-13-20(18)23(22,3)4/h5-14H,1-4H3. The van der Waals surface area contributed by atoms with Gasteiger partial charge in [-0.25, -0.2) is 0 Å². The smallest absolute Gasteiger partial charge is 0.0165 e. The van der Waals surface area contributed by atoms with E-state index in [0.29, 0.717) is 0 Å². The molecule has 0 fully saturated rings. The summed E-state index contributed by atoms with van der Waals surface area (Å²) in [6.07, 6.45) is 0. The van der Waals surface area contributed by atoms with Gasteiger partial charge in [0.25, 0.3) is 0 Å². The van der Waals surface area contributed by atoms with Crippen LogP contribution in [0.1, 0.15) is 36.1 Å². The first kappa shape index (κ1) is 14.3. The van der Waals surface area contributed by atoms with Crippen molar-refractivity contribution in [2.24, 2.45) is 0 Å². The number of rotatable bonds is 1. The third-order valence-electron chi connectivity index (χ3n) is 5.43. The van der Waals surface area contributed by atoms with Gasteiger partial charge in [-0.1, -0.05) is 74.5 Å². The van der Waals surface area contributed by atoms with Crippen LogP contribution in [0.3, 0.4) is 0 Å². The molecule has 3 aromatic rings. The first-order valence-corrected chi connectivity index (χ1v) is 8.32. The van der Waals surface area contributed by atoms with Crippen LogP contribution in [-0.4, -0.2) is 0 Å². The molecule has 0 bridgehead atoms. The zero-order valence-electron chi connectivity index (χ0n) is 14.3.